The fraction of sp³-hybridized carbons (Fsp3) is 0.235. The van der Waals surface area contributed by atoms with E-state index in [1.807, 2.05) is 25.1 Å². The Bertz CT molecular complexity index is 801. The molecule has 130 valence electrons. The molecule has 2 amide bonds. The zero-order valence-corrected chi connectivity index (χ0v) is 13.7. The van der Waals surface area contributed by atoms with Gasteiger partial charge in [-0.1, -0.05) is 6.07 Å². The van der Waals surface area contributed by atoms with Gasteiger partial charge in [-0.05, 0) is 31.2 Å². The molecule has 0 aliphatic rings. The van der Waals surface area contributed by atoms with Crippen LogP contribution in [0.2, 0.25) is 0 Å². The van der Waals surface area contributed by atoms with E-state index in [9.17, 15) is 9.90 Å². The van der Waals surface area contributed by atoms with Crippen LogP contribution < -0.4 is 10.6 Å². The number of aliphatic hydroxyl groups excluding tert-OH is 1. The van der Waals surface area contributed by atoms with Gasteiger partial charge in [0.15, 0.2) is 5.82 Å². The lowest BCUT2D eigenvalue weighted by Crippen LogP contribution is -2.36. The molecule has 3 aromatic heterocycles. The summed E-state index contributed by atoms with van der Waals surface area (Å²) >= 11 is 0. The Morgan fingerprint density at radius 1 is 1.36 bits per heavy atom. The van der Waals surface area contributed by atoms with E-state index in [0.29, 0.717) is 23.7 Å². The monoisotopic (exact) mass is 341 g/mol. The Hall–Kier alpha value is -3.13. The molecule has 0 fully saturated rings. The van der Waals surface area contributed by atoms with E-state index >= 15 is 0 Å². The van der Waals surface area contributed by atoms with Crippen LogP contribution >= 0.6 is 0 Å². The number of urea groups is 1. The van der Waals surface area contributed by atoms with E-state index in [1.165, 1.54) is 12.5 Å². The first kappa shape index (κ1) is 16.7. The largest absolute Gasteiger partial charge is 0.467 e. The average Bonchev–Trinajstić information content (AvgIpc) is 3.27. The SMILES string of the molecule is C[C@@H](C[C@H](O)c1ccco1)NC(=O)Nc1cnn(-c2ccccn2)c1. The third-order valence-electron chi connectivity index (χ3n) is 3.55. The minimum Gasteiger partial charge on any atom is -0.467 e. The summed E-state index contributed by atoms with van der Waals surface area (Å²) in [6.07, 6.45) is 5.96. The highest BCUT2D eigenvalue weighted by Crippen LogP contribution is 2.18. The highest BCUT2D eigenvalue weighted by atomic mass is 16.4. The third-order valence-corrected chi connectivity index (χ3v) is 3.55. The quantitative estimate of drug-likeness (QED) is 0.639. The van der Waals surface area contributed by atoms with Crippen LogP contribution in [-0.4, -0.2) is 31.9 Å². The number of furan rings is 1. The Morgan fingerprint density at radius 3 is 2.96 bits per heavy atom. The minimum atomic E-state index is -0.766. The molecule has 0 spiro atoms. The molecule has 0 saturated heterocycles. The van der Waals surface area contributed by atoms with E-state index in [4.69, 9.17) is 4.42 Å². The fourth-order valence-electron chi connectivity index (χ4n) is 2.38. The Balaban J connectivity index is 1.51. The van der Waals surface area contributed by atoms with E-state index in [2.05, 4.69) is 20.7 Å². The Kier molecular flexibility index (Phi) is 5.10. The molecule has 3 N–H and O–H groups in total. The van der Waals surface area contributed by atoms with Gasteiger partial charge in [0.2, 0.25) is 0 Å². The van der Waals surface area contributed by atoms with Crippen LogP contribution in [0.25, 0.3) is 5.82 Å². The lowest BCUT2D eigenvalue weighted by Gasteiger charge is -2.16. The third kappa shape index (κ3) is 4.45. The van der Waals surface area contributed by atoms with Gasteiger partial charge in [-0.2, -0.15) is 5.10 Å². The van der Waals surface area contributed by atoms with Crippen molar-refractivity contribution in [2.24, 2.45) is 0 Å². The zero-order valence-electron chi connectivity index (χ0n) is 13.7. The van der Waals surface area contributed by atoms with E-state index in [-0.39, 0.29) is 12.1 Å². The van der Waals surface area contributed by atoms with Crippen molar-refractivity contribution in [3.05, 3.63) is 60.9 Å². The second-order valence-electron chi connectivity index (χ2n) is 5.63. The number of pyridine rings is 1. The summed E-state index contributed by atoms with van der Waals surface area (Å²) in [6, 6.07) is 8.28. The van der Waals surface area contributed by atoms with Crippen LogP contribution in [0.4, 0.5) is 10.5 Å². The molecule has 3 rings (SSSR count). The van der Waals surface area contributed by atoms with Crippen molar-refractivity contribution in [1.82, 2.24) is 20.1 Å². The van der Waals surface area contributed by atoms with Crippen LogP contribution in [0, 0.1) is 0 Å². The number of amides is 2. The Morgan fingerprint density at radius 2 is 2.24 bits per heavy atom. The topological polar surface area (TPSA) is 105 Å². The molecule has 8 nitrogen and oxygen atoms in total. The number of rotatable bonds is 6. The zero-order chi connectivity index (χ0) is 17.6. The minimum absolute atomic E-state index is 0.245. The number of hydrogen-bond acceptors (Lipinski definition) is 5. The Labute approximate surface area is 144 Å². The molecule has 0 bridgehead atoms. The van der Waals surface area contributed by atoms with Crippen molar-refractivity contribution < 1.29 is 14.3 Å². The van der Waals surface area contributed by atoms with Crippen molar-refractivity contribution in [3.8, 4) is 5.82 Å². The maximum atomic E-state index is 12.1. The molecular weight excluding hydrogens is 322 g/mol. The fourth-order valence-corrected chi connectivity index (χ4v) is 2.38. The second kappa shape index (κ2) is 7.63. The molecule has 0 unspecified atom stereocenters. The number of carbonyl (C=O) groups is 1. The molecule has 0 radical (unpaired) electrons. The summed E-state index contributed by atoms with van der Waals surface area (Å²) in [4.78, 5) is 16.2. The molecule has 0 aliphatic carbocycles. The molecule has 3 aromatic rings. The number of aromatic nitrogens is 3. The number of hydrogen-bond donors (Lipinski definition) is 3. The van der Waals surface area contributed by atoms with Gasteiger partial charge in [-0.25, -0.2) is 14.5 Å². The van der Waals surface area contributed by atoms with Crippen molar-refractivity contribution in [2.45, 2.75) is 25.5 Å². The second-order valence-corrected chi connectivity index (χ2v) is 5.63. The summed E-state index contributed by atoms with van der Waals surface area (Å²) < 4.78 is 6.72. The van der Waals surface area contributed by atoms with Gasteiger partial charge in [0, 0.05) is 18.7 Å². The number of nitrogens with zero attached hydrogens (tertiary/aromatic N) is 3. The predicted octanol–water partition coefficient (Wildman–Crippen LogP) is 2.49. The van der Waals surface area contributed by atoms with Crippen LogP contribution in [0.1, 0.15) is 25.2 Å². The number of carbonyl (C=O) groups excluding carboxylic acids is 1. The molecule has 2 atom stereocenters. The van der Waals surface area contributed by atoms with E-state index in [0.717, 1.165) is 0 Å². The summed E-state index contributed by atoms with van der Waals surface area (Å²) in [5.74, 6) is 1.14. The van der Waals surface area contributed by atoms with Gasteiger partial charge in [-0.15, -0.1) is 0 Å². The van der Waals surface area contributed by atoms with Crippen LogP contribution in [0.15, 0.2) is 59.6 Å². The molecule has 3 heterocycles. The van der Waals surface area contributed by atoms with Gasteiger partial charge >= 0.3 is 6.03 Å². The van der Waals surface area contributed by atoms with Gasteiger partial charge in [0.25, 0.3) is 0 Å². The predicted molar refractivity (Wildman–Crippen MR) is 91.3 cm³/mol. The normalized spacial score (nSPS) is 13.2. The highest BCUT2D eigenvalue weighted by molar-refractivity contribution is 5.89. The van der Waals surface area contributed by atoms with Gasteiger partial charge < -0.3 is 20.2 Å². The molecule has 0 aliphatic heterocycles. The average molecular weight is 341 g/mol. The standard InChI is InChI=1S/C17H19N5O3/c1-12(9-14(23)15-5-4-8-25-15)20-17(24)21-13-10-19-22(11-13)16-6-2-3-7-18-16/h2-8,10-12,14,23H,9H2,1H3,(H2,20,21,24)/t12-,14-/m0/s1. The summed E-state index contributed by atoms with van der Waals surface area (Å²) in [7, 11) is 0. The lowest BCUT2D eigenvalue weighted by molar-refractivity contribution is 0.130. The summed E-state index contributed by atoms with van der Waals surface area (Å²) in [6.45, 7) is 1.81. The number of anilines is 1. The maximum absolute atomic E-state index is 12.1. The molecule has 8 heteroatoms. The van der Waals surface area contributed by atoms with Gasteiger partial charge in [0.05, 0.1) is 24.3 Å². The van der Waals surface area contributed by atoms with Crippen LogP contribution in [0.3, 0.4) is 0 Å². The number of aliphatic hydroxyl groups is 1. The van der Waals surface area contributed by atoms with Crippen LogP contribution in [0.5, 0.6) is 0 Å². The molecule has 0 aromatic carbocycles. The van der Waals surface area contributed by atoms with E-state index in [1.54, 1.807) is 29.2 Å². The van der Waals surface area contributed by atoms with Gasteiger partial charge in [-0.3, -0.25) is 0 Å². The summed E-state index contributed by atoms with van der Waals surface area (Å²) in [5, 5.41) is 19.7. The molecular formula is C17H19N5O3. The lowest BCUT2D eigenvalue weighted by atomic mass is 10.1. The first-order valence-corrected chi connectivity index (χ1v) is 7.87. The highest BCUT2D eigenvalue weighted by Gasteiger charge is 2.16. The smallest absolute Gasteiger partial charge is 0.319 e. The van der Waals surface area contributed by atoms with Crippen LogP contribution in [-0.2, 0) is 0 Å². The van der Waals surface area contributed by atoms with E-state index < -0.39 is 6.10 Å². The van der Waals surface area contributed by atoms with Crippen molar-refractivity contribution in [3.63, 3.8) is 0 Å². The van der Waals surface area contributed by atoms with Gasteiger partial charge in [0.1, 0.15) is 11.9 Å². The maximum Gasteiger partial charge on any atom is 0.319 e. The van der Waals surface area contributed by atoms with Crippen molar-refractivity contribution in [1.29, 1.82) is 0 Å². The molecule has 25 heavy (non-hydrogen) atoms. The molecule has 0 saturated carbocycles. The van der Waals surface area contributed by atoms with Crippen molar-refractivity contribution in [2.75, 3.05) is 5.32 Å². The van der Waals surface area contributed by atoms with Crippen molar-refractivity contribution >= 4 is 11.7 Å². The number of nitrogens with one attached hydrogen (secondary N) is 2. The summed E-state index contributed by atoms with van der Waals surface area (Å²) in [5.41, 5.74) is 0.543. The first-order valence-electron chi connectivity index (χ1n) is 7.87. The first-order chi connectivity index (χ1) is 12.1.